The van der Waals surface area contributed by atoms with Crippen LogP contribution in [-0.4, -0.2) is 13.2 Å². The van der Waals surface area contributed by atoms with Gasteiger partial charge in [-0.1, -0.05) is 18.2 Å². The first-order chi connectivity index (χ1) is 7.36. The lowest BCUT2D eigenvalue weighted by atomic mass is 10.1. The second-order valence-corrected chi connectivity index (χ2v) is 3.63. The molecule has 3 N–H and O–H groups in total. The molecule has 0 atom stereocenters. The number of benzene rings is 1. The Morgan fingerprint density at radius 1 is 1.33 bits per heavy atom. The van der Waals surface area contributed by atoms with Gasteiger partial charge in [0.25, 0.3) is 0 Å². The van der Waals surface area contributed by atoms with Crippen molar-refractivity contribution in [2.45, 2.75) is 12.8 Å². The smallest absolute Gasteiger partial charge is 0.186 e. The van der Waals surface area contributed by atoms with E-state index in [1.54, 1.807) is 0 Å². The van der Waals surface area contributed by atoms with Gasteiger partial charge in [0.2, 0.25) is 0 Å². The fourth-order valence-electron chi connectivity index (χ4n) is 2.03. The van der Waals surface area contributed by atoms with Gasteiger partial charge in [0.1, 0.15) is 0 Å². The van der Waals surface area contributed by atoms with Crippen LogP contribution in [0.3, 0.4) is 0 Å². The van der Waals surface area contributed by atoms with E-state index in [0.717, 1.165) is 17.8 Å². The molecule has 0 radical (unpaired) electrons. The first kappa shape index (κ1) is 9.11. The molecule has 5 heteroatoms. The lowest BCUT2D eigenvalue weighted by molar-refractivity contribution is -0.0437. The van der Waals surface area contributed by atoms with Gasteiger partial charge in [-0.25, -0.2) is 16.4 Å². The molecule has 5 nitrogen and oxygen atoms in total. The van der Waals surface area contributed by atoms with Crippen molar-refractivity contribution in [1.82, 2.24) is 5.43 Å². The first-order valence-corrected chi connectivity index (χ1v) is 4.99. The van der Waals surface area contributed by atoms with Crippen LogP contribution in [0.5, 0.6) is 0 Å². The SMILES string of the molecule is NN1NCc2cccc(C3OCCO3)c21. The molecule has 0 bridgehead atoms. The third-order valence-corrected chi connectivity index (χ3v) is 2.71. The number of rotatable bonds is 1. The van der Waals surface area contributed by atoms with Crippen LogP contribution in [0, 0.1) is 0 Å². The first-order valence-electron chi connectivity index (χ1n) is 4.99. The Balaban J connectivity index is 2.04. The number of nitrogens with two attached hydrogens (primary N) is 1. The summed E-state index contributed by atoms with van der Waals surface area (Å²) in [6.45, 7) is 2.05. The van der Waals surface area contributed by atoms with Crippen molar-refractivity contribution in [3.05, 3.63) is 29.3 Å². The maximum atomic E-state index is 5.83. The molecule has 15 heavy (non-hydrogen) atoms. The van der Waals surface area contributed by atoms with Crippen LogP contribution in [0.25, 0.3) is 0 Å². The highest BCUT2D eigenvalue weighted by molar-refractivity contribution is 5.61. The predicted octanol–water partition coefficient (Wildman–Crippen LogP) is 0.430. The van der Waals surface area contributed by atoms with Gasteiger partial charge >= 0.3 is 0 Å². The van der Waals surface area contributed by atoms with E-state index < -0.39 is 0 Å². The second-order valence-electron chi connectivity index (χ2n) is 3.63. The van der Waals surface area contributed by atoms with Gasteiger partial charge < -0.3 is 9.47 Å². The maximum Gasteiger partial charge on any atom is 0.186 e. The summed E-state index contributed by atoms with van der Waals surface area (Å²) in [6, 6.07) is 6.04. The van der Waals surface area contributed by atoms with E-state index in [0.29, 0.717) is 13.2 Å². The molecule has 0 amide bonds. The highest BCUT2D eigenvalue weighted by atomic mass is 16.7. The van der Waals surface area contributed by atoms with Crippen LogP contribution >= 0.6 is 0 Å². The van der Waals surface area contributed by atoms with E-state index in [1.807, 2.05) is 18.2 Å². The highest BCUT2D eigenvalue weighted by Gasteiger charge is 2.27. The van der Waals surface area contributed by atoms with Crippen molar-refractivity contribution in [2.75, 3.05) is 18.3 Å². The van der Waals surface area contributed by atoms with Gasteiger partial charge in [-0.3, -0.25) is 0 Å². The van der Waals surface area contributed by atoms with Crippen LogP contribution in [0.15, 0.2) is 18.2 Å². The molecule has 2 heterocycles. The lowest BCUT2D eigenvalue weighted by Gasteiger charge is -2.18. The zero-order valence-electron chi connectivity index (χ0n) is 8.27. The molecule has 0 aliphatic carbocycles. The molecular weight excluding hydrogens is 194 g/mol. The van der Waals surface area contributed by atoms with Gasteiger partial charge in [-0.15, -0.1) is 0 Å². The fraction of sp³-hybridized carbons (Fsp3) is 0.400. The van der Waals surface area contributed by atoms with Gasteiger partial charge in [-0.2, -0.15) is 0 Å². The standard InChI is InChI=1S/C10H13N3O2/c11-13-9-7(6-12-13)2-1-3-8(9)10-14-4-5-15-10/h1-3,10,12H,4-6,11H2. The number of hydrogen-bond donors (Lipinski definition) is 2. The minimum absolute atomic E-state index is 0.272. The van der Waals surface area contributed by atoms with Gasteiger partial charge in [0.15, 0.2) is 6.29 Å². The fourth-order valence-corrected chi connectivity index (χ4v) is 2.03. The van der Waals surface area contributed by atoms with Crippen molar-refractivity contribution >= 4 is 5.69 Å². The molecule has 0 unspecified atom stereocenters. The van der Waals surface area contributed by atoms with Crippen molar-refractivity contribution in [3.8, 4) is 0 Å². The summed E-state index contributed by atoms with van der Waals surface area (Å²) in [6.07, 6.45) is -0.272. The number of fused-ring (bicyclic) bond motifs is 1. The summed E-state index contributed by atoms with van der Waals surface area (Å²) in [5.74, 6) is 5.83. The predicted molar refractivity (Wildman–Crippen MR) is 54.6 cm³/mol. The molecular formula is C10H13N3O2. The Kier molecular flexibility index (Phi) is 2.10. The number of ether oxygens (including phenoxy) is 2. The van der Waals surface area contributed by atoms with Crippen LogP contribution in [0.4, 0.5) is 5.69 Å². The number of nitrogens with one attached hydrogen (secondary N) is 1. The normalized spacial score (nSPS) is 21.0. The van der Waals surface area contributed by atoms with Gasteiger partial charge in [0, 0.05) is 12.1 Å². The molecule has 2 aliphatic heterocycles. The van der Waals surface area contributed by atoms with E-state index in [1.165, 1.54) is 10.7 Å². The van der Waals surface area contributed by atoms with Crippen molar-refractivity contribution in [2.24, 2.45) is 5.84 Å². The average molecular weight is 207 g/mol. The molecule has 1 fully saturated rings. The third-order valence-electron chi connectivity index (χ3n) is 2.71. The largest absolute Gasteiger partial charge is 0.346 e. The van der Waals surface area contributed by atoms with Crippen molar-refractivity contribution in [1.29, 1.82) is 0 Å². The quantitative estimate of drug-likeness (QED) is 0.654. The minimum atomic E-state index is -0.272. The van der Waals surface area contributed by atoms with E-state index in [2.05, 4.69) is 5.43 Å². The van der Waals surface area contributed by atoms with E-state index in [9.17, 15) is 0 Å². The summed E-state index contributed by atoms with van der Waals surface area (Å²) in [4.78, 5) is 0. The molecule has 1 aromatic carbocycles. The van der Waals surface area contributed by atoms with E-state index in [-0.39, 0.29) is 6.29 Å². The summed E-state index contributed by atoms with van der Waals surface area (Å²) in [5.41, 5.74) is 6.20. The lowest BCUT2D eigenvalue weighted by Crippen LogP contribution is -2.39. The van der Waals surface area contributed by atoms with Crippen LogP contribution in [0.1, 0.15) is 17.4 Å². The van der Waals surface area contributed by atoms with Crippen LogP contribution in [-0.2, 0) is 16.0 Å². The summed E-state index contributed by atoms with van der Waals surface area (Å²) in [5, 5.41) is 1.54. The zero-order valence-corrected chi connectivity index (χ0v) is 8.27. The third kappa shape index (κ3) is 1.40. The van der Waals surface area contributed by atoms with Crippen molar-refractivity contribution in [3.63, 3.8) is 0 Å². The maximum absolute atomic E-state index is 5.83. The number of para-hydroxylation sites is 1. The van der Waals surface area contributed by atoms with Crippen LogP contribution in [0.2, 0.25) is 0 Å². The number of anilines is 1. The Bertz CT molecular complexity index is 377. The number of hydrogen-bond acceptors (Lipinski definition) is 5. The Morgan fingerprint density at radius 3 is 2.93 bits per heavy atom. The molecule has 1 aromatic rings. The number of hydrazine groups is 2. The van der Waals surface area contributed by atoms with Gasteiger partial charge in [0.05, 0.1) is 18.9 Å². The summed E-state index contributed by atoms with van der Waals surface area (Å²) >= 11 is 0. The molecule has 3 rings (SSSR count). The Morgan fingerprint density at radius 2 is 2.13 bits per heavy atom. The molecule has 80 valence electrons. The van der Waals surface area contributed by atoms with E-state index in [4.69, 9.17) is 15.3 Å². The minimum Gasteiger partial charge on any atom is -0.346 e. The average Bonchev–Trinajstić information content (AvgIpc) is 2.88. The topological polar surface area (TPSA) is 59.8 Å². The summed E-state index contributed by atoms with van der Waals surface area (Å²) in [7, 11) is 0. The Hall–Kier alpha value is -1.14. The number of nitrogens with zero attached hydrogens (tertiary/aromatic N) is 1. The van der Waals surface area contributed by atoms with E-state index >= 15 is 0 Å². The highest BCUT2D eigenvalue weighted by Crippen LogP contribution is 2.35. The monoisotopic (exact) mass is 207 g/mol. The molecule has 1 saturated heterocycles. The molecule has 0 saturated carbocycles. The summed E-state index contributed by atoms with van der Waals surface area (Å²) < 4.78 is 11.0. The Labute approximate surface area is 87.7 Å². The second kappa shape index (κ2) is 3.46. The molecule has 0 aromatic heterocycles. The van der Waals surface area contributed by atoms with Crippen molar-refractivity contribution < 1.29 is 9.47 Å². The van der Waals surface area contributed by atoms with Gasteiger partial charge in [-0.05, 0) is 5.56 Å². The molecule has 2 aliphatic rings. The zero-order chi connectivity index (χ0) is 10.3. The molecule has 0 spiro atoms. The van der Waals surface area contributed by atoms with Crippen LogP contribution < -0.4 is 16.4 Å².